The number of hydrogen-bond donors (Lipinski definition) is 1. The van der Waals surface area contributed by atoms with E-state index in [-0.39, 0.29) is 5.82 Å². The van der Waals surface area contributed by atoms with Crippen molar-refractivity contribution in [2.24, 2.45) is 0 Å². The average molecular weight is 335 g/mol. The quantitative estimate of drug-likeness (QED) is 0.740. The third-order valence-corrected chi connectivity index (χ3v) is 3.75. The minimum Gasteiger partial charge on any atom is -0.369 e. The number of imidazole rings is 1. The van der Waals surface area contributed by atoms with Crippen molar-refractivity contribution in [1.29, 1.82) is 0 Å². The fraction of sp³-hybridized carbons (Fsp3) is 0.143. The highest BCUT2D eigenvalue weighted by Gasteiger charge is 2.15. The Balaban J connectivity index is 2.35. The van der Waals surface area contributed by atoms with E-state index in [0.717, 1.165) is 11.1 Å². The molecule has 4 nitrogen and oxygen atoms in total. The van der Waals surface area contributed by atoms with Gasteiger partial charge in [0.2, 0.25) is 5.95 Å². The summed E-state index contributed by atoms with van der Waals surface area (Å²) in [4.78, 5) is 8.65. The number of rotatable bonds is 1. The summed E-state index contributed by atoms with van der Waals surface area (Å²) in [6.45, 7) is 3.82. The lowest BCUT2D eigenvalue weighted by molar-refractivity contribution is 0.619. The molecule has 0 amide bonds. The molecule has 102 valence electrons. The van der Waals surface area contributed by atoms with Crippen molar-refractivity contribution in [3.05, 3.63) is 45.8 Å². The monoisotopic (exact) mass is 334 g/mol. The Kier molecular flexibility index (Phi) is 2.97. The molecule has 2 N–H and O–H groups in total. The first-order valence-corrected chi connectivity index (χ1v) is 6.83. The van der Waals surface area contributed by atoms with E-state index in [9.17, 15) is 4.39 Å². The van der Waals surface area contributed by atoms with Crippen molar-refractivity contribution in [3.8, 4) is 5.69 Å². The summed E-state index contributed by atoms with van der Waals surface area (Å²) in [5.74, 6) is -0.0538. The minimum absolute atomic E-state index is 0.294. The molecule has 0 bridgehead atoms. The molecule has 6 heteroatoms. The van der Waals surface area contributed by atoms with Crippen LogP contribution in [0.3, 0.4) is 0 Å². The molecule has 3 rings (SSSR count). The van der Waals surface area contributed by atoms with E-state index < -0.39 is 0 Å². The molecule has 0 spiro atoms. The fourth-order valence-electron chi connectivity index (χ4n) is 2.20. The minimum atomic E-state index is -0.348. The van der Waals surface area contributed by atoms with Crippen molar-refractivity contribution < 1.29 is 4.39 Å². The average Bonchev–Trinajstić information content (AvgIpc) is 2.69. The highest BCUT2D eigenvalue weighted by atomic mass is 79.9. The molecule has 2 aromatic heterocycles. The maximum Gasteiger partial charge on any atom is 0.207 e. The SMILES string of the molecule is Cc1cnc2c(c1)nc(N)n2-c1cc(F)c(Br)cc1C. The number of aryl methyl sites for hydroxylation is 2. The highest BCUT2D eigenvalue weighted by Crippen LogP contribution is 2.28. The Bertz CT molecular complexity index is 826. The summed E-state index contributed by atoms with van der Waals surface area (Å²) >= 11 is 3.17. The molecule has 0 aliphatic heterocycles. The first-order valence-electron chi connectivity index (χ1n) is 6.04. The molecular weight excluding hydrogens is 323 g/mol. The van der Waals surface area contributed by atoms with E-state index in [1.807, 2.05) is 19.9 Å². The summed E-state index contributed by atoms with van der Waals surface area (Å²) in [5.41, 5.74) is 9.82. The summed E-state index contributed by atoms with van der Waals surface area (Å²) in [7, 11) is 0. The lowest BCUT2D eigenvalue weighted by Gasteiger charge is -2.10. The Morgan fingerprint density at radius 3 is 2.75 bits per heavy atom. The molecular formula is C14H12BrFN4. The van der Waals surface area contributed by atoms with Crippen molar-refractivity contribution in [2.45, 2.75) is 13.8 Å². The Morgan fingerprint density at radius 1 is 1.25 bits per heavy atom. The molecule has 0 aliphatic carbocycles. The topological polar surface area (TPSA) is 56.7 Å². The van der Waals surface area contributed by atoms with E-state index in [2.05, 4.69) is 25.9 Å². The van der Waals surface area contributed by atoms with Crippen molar-refractivity contribution in [1.82, 2.24) is 14.5 Å². The third-order valence-electron chi connectivity index (χ3n) is 3.14. The van der Waals surface area contributed by atoms with Gasteiger partial charge < -0.3 is 5.73 Å². The molecule has 3 aromatic rings. The molecule has 0 saturated heterocycles. The smallest absolute Gasteiger partial charge is 0.207 e. The van der Waals surface area contributed by atoms with Crippen LogP contribution in [0.5, 0.6) is 0 Å². The van der Waals surface area contributed by atoms with Gasteiger partial charge in [-0.3, -0.25) is 4.57 Å². The zero-order valence-corrected chi connectivity index (χ0v) is 12.6. The van der Waals surface area contributed by atoms with Gasteiger partial charge in [0.15, 0.2) is 5.65 Å². The van der Waals surface area contributed by atoms with Gasteiger partial charge in [-0.1, -0.05) is 0 Å². The number of nitrogen functional groups attached to an aromatic ring is 1. The summed E-state index contributed by atoms with van der Waals surface area (Å²) in [6, 6.07) is 5.04. The first kappa shape index (κ1) is 13.1. The first-order chi connectivity index (χ1) is 9.47. The van der Waals surface area contributed by atoms with E-state index in [0.29, 0.717) is 27.3 Å². The summed E-state index contributed by atoms with van der Waals surface area (Å²) < 4.78 is 15.9. The number of aromatic nitrogens is 3. The van der Waals surface area contributed by atoms with Gasteiger partial charge in [-0.15, -0.1) is 0 Å². The lowest BCUT2D eigenvalue weighted by atomic mass is 10.2. The second-order valence-corrected chi connectivity index (χ2v) is 5.57. The van der Waals surface area contributed by atoms with Crippen LogP contribution in [0, 0.1) is 19.7 Å². The number of benzene rings is 1. The molecule has 0 aliphatic rings. The predicted octanol–water partition coefficient (Wildman–Crippen LogP) is 3.52. The maximum absolute atomic E-state index is 13.8. The van der Waals surface area contributed by atoms with Crippen LogP contribution >= 0.6 is 15.9 Å². The number of nitrogens with zero attached hydrogens (tertiary/aromatic N) is 3. The zero-order chi connectivity index (χ0) is 14.4. The lowest BCUT2D eigenvalue weighted by Crippen LogP contribution is -2.04. The molecule has 0 fully saturated rings. The van der Waals surface area contributed by atoms with Gasteiger partial charge in [-0.2, -0.15) is 0 Å². The molecule has 0 radical (unpaired) electrons. The van der Waals surface area contributed by atoms with Crippen LogP contribution in [0.4, 0.5) is 10.3 Å². The van der Waals surface area contributed by atoms with Gasteiger partial charge >= 0.3 is 0 Å². The van der Waals surface area contributed by atoms with Crippen molar-refractivity contribution >= 4 is 33.0 Å². The molecule has 0 saturated carbocycles. The van der Waals surface area contributed by atoms with Crippen LogP contribution < -0.4 is 5.73 Å². The van der Waals surface area contributed by atoms with E-state index in [4.69, 9.17) is 5.73 Å². The Morgan fingerprint density at radius 2 is 2.00 bits per heavy atom. The van der Waals surface area contributed by atoms with Gasteiger partial charge in [-0.05, 0) is 59.1 Å². The Labute approximate surface area is 123 Å². The van der Waals surface area contributed by atoms with Crippen molar-refractivity contribution in [3.63, 3.8) is 0 Å². The Hall–Kier alpha value is -1.95. The van der Waals surface area contributed by atoms with Crippen LogP contribution in [-0.2, 0) is 0 Å². The number of anilines is 1. The van der Waals surface area contributed by atoms with Gasteiger partial charge in [0.1, 0.15) is 11.3 Å². The van der Waals surface area contributed by atoms with Crippen molar-refractivity contribution in [2.75, 3.05) is 5.73 Å². The number of fused-ring (bicyclic) bond motifs is 1. The van der Waals surface area contributed by atoms with Gasteiger partial charge in [0.25, 0.3) is 0 Å². The number of nitrogens with two attached hydrogens (primary N) is 1. The fourth-order valence-corrected chi connectivity index (χ4v) is 2.66. The second kappa shape index (κ2) is 4.56. The van der Waals surface area contributed by atoms with Crippen LogP contribution in [0.2, 0.25) is 0 Å². The molecule has 0 atom stereocenters. The number of pyridine rings is 1. The van der Waals surface area contributed by atoms with Crippen LogP contribution in [-0.4, -0.2) is 14.5 Å². The van der Waals surface area contributed by atoms with E-state index >= 15 is 0 Å². The standard InChI is InChI=1S/C14H12BrFN4/c1-7-3-11-13(18-6-7)20(14(17)19-11)12-5-10(16)9(15)4-8(12)2/h3-6H,1-2H3,(H2,17,19). The molecule has 20 heavy (non-hydrogen) atoms. The maximum atomic E-state index is 13.8. The van der Waals surface area contributed by atoms with Gasteiger partial charge in [0, 0.05) is 6.20 Å². The summed E-state index contributed by atoms with van der Waals surface area (Å²) in [5, 5.41) is 0. The highest BCUT2D eigenvalue weighted by molar-refractivity contribution is 9.10. The van der Waals surface area contributed by atoms with Gasteiger partial charge in [-0.25, -0.2) is 14.4 Å². The van der Waals surface area contributed by atoms with Crippen LogP contribution in [0.25, 0.3) is 16.9 Å². The largest absolute Gasteiger partial charge is 0.369 e. The van der Waals surface area contributed by atoms with Gasteiger partial charge in [0.05, 0.1) is 10.2 Å². The van der Waals surface area contributed by atoms with Crippen LogP contribution in [0.1, 0.15) is 11.1 Å². The molecule has 1 aromatic carbocycles. The second-order valence-electron chi connectivity index (χ2n) is 4.71. The zero-order valence-electron chi connectivity index (χ0n) is 11.0. The van der Waals surface area contributed by atoms with Crippen LogP contribution in [0.15, 0.2) is 28.9 Å². The normalized spacial score (nSPS) is 11.2. The third kappa shape index (κ3) is 1.96. The van der Waals surface area contributed by atoms with E-state index in [1.165, 1.54) is 6.07 Å². The molecule has 0 unspecified atom stereocenters. The summed E-state index contributed by atoms with van der Waals surface area (Å²) in [6.07, 6.45) is 1.74. The number of hydrogen-bond acceptors (Lipinski definition) is 3. The predicted molar refractivity (Wildman–Crippen MR) is 80.4 cm³/mol. The number of halogens is 2. The molecule has 2 heterocycles. The van der Waals surface area contributed by atoms with E-state index in [1.54, 1.807) is 16.8 Å².